The lowest BCUT2D eigenvalue weighted by molar-refractivity contribution is -0.154. The van der Waals surface area contributed by atoms with Crippen LogP contribution in [0.25, 0.3) is 11.3 Å². The van der Waals surface area contributed by atoms with Gasteiger partial charge in [-0.1, -0.05) is 30.3 Å². The molecule has 3 heterocycles. The number of aliphatic hydroxyl groups is 1. The highest BCUT2D eigenvalue weighted by atomic mass is 32.1. The van der Waals surface area contributed by atoms with Crippen LogP contribution in [0.5, 0.6) is 0 Å². The zero-order chi connectivity index (χ0) is 18.1. The molecule has 2 aliphatic rings. The average Bonchev–Trinajstić information content (AvgIpc) is 3.14. The summed E-state index contributed by atoms with van der Waals surface area (Å²) in [4.78, 5) is 33.0. The minimum atomic E-state index is -0.808. The monoisotopic (exact) mass is 372 g/mol. The second-order valence-corrected chi connectivity index (χ2v) is 7.46. The first-order chi connectivity index (χ1) is 12.7. The quantitative estimate of drug-likeness (QED) is 0.807. The van der Waals surface area contributed by atoms with Crippen molar-refractivity contribution in [3.8, 4) is 11.3 Å². The van der Waals surface area contributed by atoms with Gasteiger partial charge in [0.15, 0.2) is 0 Å². The summed E-state index contributed by atoms with van der Waals surface area (Å²) in [6.07, 6.45) is 0. The molecule has 26 heavy (non-hydrogen) atoms. The summed E-state index contributed by atoms with van der Waals surface area (Å²) in [5.74, 6) is -0.394. The number of nitrogens with zero attached hydrogens (tertiary/aromatic N) is 3. The lowest BCUT2D eigenvalue weighted by atomic mass is 10.0. The van der Waals surface area contributed by atoms with E-state index in [1.165, 1.54) is 0 Å². The van der Waals surface area contributed by atoms with Crippen LogP contribution in [0.15, 0.2) is 35.7 Å². The Morgan fingerprint density at radius 2 is 2.04 bits per heavy atom. The Bertz CT molecular complexity index is 810. The number of piperazine rings is 2. The van der Waals surface area contributed by atoms with Crippen molar-refractivity contribution in [3.05, 3.63) is 40.7 Å². The zero-order valence-electron chi connectivity index (χ0n) is 14.2. The van der Waals surface area contributed by atoms with Crippen molar-refractivity contribution in [2.45, 2.75) is 18.6 Å². The predicted octanol–water partition coefficient (Wildman–Crippen LogP) is 0.314. The molecule has 2 saturated heterocycles. The molecular formula is C18H20N4O3S. The third kappa shape index (κ3) is 3.23. The van der Waals surface area contributed by atoms with Gasteiger partial charge in [-0.05, 0) is 0 Å². The number of hydrogen-bond donors (Lipinski definition) is 2. The van der Waals surface area contributed by atoms with Gasteiger partial charge in [0.05, 0.1) is 18.8 Å². The largest absolute Gasteiger partial charge is 0.394 e. The van der Waals surface area contributed by atoms with Gasteiger partial charge in [0.2, 0.25) is 11.8 Å². The second-order valence-electron chi connectivity index (χ2n) is 6.52. The van der Waals surface area contributed by atoms with Gasteiger partial charge in [-0.15, -0.1) is 11.3 Å². The van der Waals surface area contributed by atoms with Crippen LogP contribution in [-0.2, 0) is 16.1 Å². The number of rotatable bonds is 4. The average molecular weight is 372 g/mol. The minimum Gasteiger partial charge on any atom is -0.394 e. The number of thiazole rings is 1. The highest BCUT2D eigenvalue weighted by Gasteiger charge is 2.43. The lowest BCUT2D eigenvalue weighted by Gasteiger charge is -2.44. The van der Waals surface area contributed by atoms with E-state index in [0.29, 0.717) is 26.2 Å². The van der Waals surface area contributed by atoms with Gasteiger partial charge in [0, 0.05) is 30.6 Å². The van der Waals surface area contributed by atoms with Crippen molar-refractivity contribution in [3.63, 3.8) is 0 Å². The van der Waals surface area contributed by atoms with Crippen LogP contribution in [0, 0.1) is 0 Å². The number of fused-ring (bicyclic) bond motifs is 1. The molecule has 0 unspecified atom stereocenters. The normalized spacial score (nSPS) is 23.7. The third-order valence-electron chi connectivity index (χ3n) is 4.83. The van der Waals surface area contributed by atoms with Gasteiger partial charge in [0.1, 0.15) is 17.1 Å². The Kier molecular flexibility index (Phi) is 4.71. The van der Waals surface area contributed by atoms with Gasteiger partial charge in [-0.25, -0.2) is 4.98 Å². The van der Waals surface area contributed by atoms with Crippen molar-refractivity contribution in [1.29, 1.82) is 0 Å². The highest BCUT2D eigenvalue weighted by molar-refractivity contribution is 7.09. The fourth-order valence-corrected chi connectivity index (χ4v) is 4.29. The maximum Gasteiger partial charge on any atom is 0.248 e. The van der Waals surface area contributed by atoms with E-state index >= 15 is 0 Å². The Balaban J connectivity index is 1.43. The van der Waals surface area contributed by atoms with Crippen LogP contribution in [0.3, 0.4) is 0 Å². The topological polar surface area (TPSA) is 85.8 Å². The summed E-state index contributed by atoms with van der Waals surface area (Å²) >= 11 is 1.61. The molecule has 8 heteroatoms. The van der Waals surface area contributed by atoms with Crippen LogP contribution >= 0.6 is 11.3 Å². The Labute approximate surface area is 155 Å². The lowest BCUT2D eigenvalue weighted by Crippen LogP contribution is -2.69. The molecule has 2 fully saturated rings. The van der Waals surface area contributed by atoms with Crippen molar-refractivity contribution in [2.75, 3.05) is 26.2 Å². The van der Waals surface area contributed by atoms with E-state index in [9.17, 15) is 14.7 Å². The first kappa shape index (κ1) is 17.1. The van der Waals surface area contributed by atoms with Crippen molar-refractivity contribution >= 4 is 23.2 Å². The first-order valence-electron chi connectivity index (χ1n) is 8.59. The number of aliphatic hydroxyl groups excluding tert-OH is 1. The summed E-state index contributed by atoms with van der Waals surface area (Å²) in [6, 6.07) is 8.73. The first-order valence-corrected chi connectivity index (χ1v) is 9.47. The molecule has 0 radical (unpaired) electrons. The molecule has 0 bridgehead atoms. The van der Waals surface area contributed by atoms with E-state index < -0.39 is 12.1 Å². The molecule has 2 N–H and O–H groups in total. The van der Waals surface area contributed by atoms with E-state index in [1.807, 2.05) is 35.7 Å². The van der Waals surface area contributed by atoms with Gasteiger partial charge < -0.3 is 15.3 Å². The van der Waals surface area contributed by atoms with Crippen LogP contribution in [0.1, 0.15) is 5.01 Å². The molecule has 0 saturated carbocycles. The van der Waals surface area contributed by atoms with Gasteiger partial charge in [-0.2, -0.15) is 0 Å². The maximum atomic E-state index is 12.3. The van der Waals surface area contributed by atoms with E-state index in [1.54, 1.807) is 16.2 Å². The molecule has 1 aromatic heterocycles. The van der Waals surface area contributed by atoms with Crippen LogP contribution < -0.4 is 5.32 Å². The number of carbonyl (C=O) groups excluding carboxylic acids is 2. The zero-order valence-corrected chi connectivity index (χ0v) is 15.0. The molecule has 2 aliphatic heterocycles. The maximum absolute atomic E-state index is 12.3. The van der Waals surface area contributed by atoms with E-state index in [2.05, 4.69) is 10.2 Å². The Hall–Kier alpha value is -2.29. The molecule has 1 aromatic carbocycles. The standard InChI is InChI=1S/C18H20N4O3S/c23-10-13-18(25)22-7-6-21(8-15(22)17(24)20-13)9-16-19-14(11-26-16)12-4-2-1-3-5-12/h1-5,11,13,15,23H,6-10H2,(H,20,24)/t13-,15+/m0/s1. The summed E-state index contributed by atoms with van der Waals surface area (Å²) in [7, 11) is 0. The summed E-state index contributed by atoms with van der Waals surface area (Å²) < 4.78 is 0. The molecule has 2 atom stereocenters. The third-order valence-corrected chi connectivity index (χ3v) is 5.66. The van der Waals surface area contributed by atoms with Crippen LogP contribution in [0.4, 0.5) is 0 Å². The summed E-state index contributed by atoms with van der Waals surface area (Å²) in [6.45, 7) is 1.96. The van der Waals surface area contributed by atoms with Gasteiger partial charge in [0.25, 0.3) is 0 Å². The molecule has 4 rings (SSSR count). The summed E-state index contributed by atoms with van der Waals surface area (Å²) in [5, 5.41) is 14.9. The molecule has 2 amide bonds. The molecule has 0 spiro atoms. The minimum absolute atomic E-state index is 0.197. The van der Waals surface area contributed by atoms with Gasteiger partial charge >= 0.3 is 0 Å². The molecule has 2 aromatic rings. The number of nitrogens with one attached hydrogen (secondary N) is 1. The molecule has 0 aliphatic carbocycles. The van der Waals surface area contributed by atoms with E-state index in [0.717, 1.165) is 16.3 Å². The number of hydrogen-bond acceptors (Lipinski definition) is 6. The van der Waals surface area contributed by atoms with Crippen molar-refractivity contribution in [2.24, 2.45) is 0 Å². The fraction of sp³-hybridized carbons (Fsp3) is 0.389. The molecule has 7 nitrogen and oxygen atoms in total. The smallest absolute Gasteiger partial charge is 0.248 e. The van der Waals surface area contributed by atoms with E-state index in [4.69, 9.17) is 4.98 Å². The number of benzene rings is 1. The molecule has 136 valence electrons. The van der Waals surface area contributed by atoms with Gasteiger partial charge in [-0.3, -0.25) is 14.5 Å². The second kappa shape index (κ2) is 7.14. The van der Waals surface area contributed by atoms with E-state index in [-0.39, 0.29) is 18.4 Å². The number of aromatic nitrogens is 1. The fourth-order valence-electron chi connectivity index (χ4n) is 3.44. The van der Waals surface area contributed by atoms with Crippen molar-refractivity contribution < 1.29 is 14.7 Å². The van der Waals surface area contributed by atoms with Crippen LogP contribution in [0.2, 0.25) is 0 Å². The van der Waals surface area contributed by atoms with Crippen LogP contribution in [-0.4, -0.2) is 70.0 Å². The Morgan fingerprint density at radius 3 is 2.81 bits per heavy atom. The number of amides is 2. The SMILES string of the molecule is O=C1N[C@@H](CO)C(=O)N2CCN(Cc3nc(-c4ccccc4)cs3)C[C@H]12. The number of carbonyl (C=O) groups is 2. The highest BCUT2D eigenvalue weighted by Crippen LogP contribution is 2.24. The molecular weight excluding hydrogens is 352 g/mol. The predicted molar refractivity (Wildman–Crippen MR) is 97.3 cm³/mol. The van der Waals surface area contributed by atoms with Crippen molar-refractivity contribution in [1.82, 2.24) is 20.1 Å². The Morgan fingerprint density at radius 1 is 1.23 bits per heavy atom. The summed E-state index contributed by atoms with van der Waals surface area (Å²) in [5.41, 5.74) is 2.05.